The lowest BCUT2D eigenvalue weighted by atomic mass is 10.1. The predicted molar refractivity (Wildman–Crippen MR) is 110 cm³/mol. The Labute approximate surface area is 168 Å². The summed E-state index contributed by atoms with van der Waals surface area (Å²) in [6.45, 7) is 8.63. The first-order chi connectivity index (χ1) is 13.4. The molecule has 154 valence electrons. The van der Waals surface area contributed by atoms with Gasteiger partial charge in [0.1, 0.15) is 5.75 Å². The second-order valence-corrected chi connectivity index (χ2v) is 8.03. The number of hydrogen-bond acceptors (Lipinski definition) is 5. The fraction of sp³-hybridized carbons (Fsp3) is 0.429. The average Bonchev–Trinajstić information content (AvgIpc) is 2.69. The van der Waals surface area contributed by atoms with E-state index in [1.807, 2.05) is 52.0 Å². The Hall–Kier alpha value is -2.25. The van der Waals surface area contributed by atoms with Crippen LogP contribution in [0.15, 0.2) is 47.4 Å². The molecule has 0 aromatic heterocycles. The van der Waals surface area contributed by atoms with E-state index in [1.165, 1.54) is 10.4 Å². The lowest BCUT2D eigenvalue weighted by molar-refractivity contribution is 0.286. The summed E-state index contributed by atoms with van der Waals surface area (Å²) < 4.78 is 44.6. The summed E-state index contributed by atoms with van der Waals surface area (Å²) in [4.78, 5) is 0.177. The van der Waals surface area contributed by atoms with Crippen molar-refractivity contribution < 1.29 is 22.6 Å². The third kappa shape index (κ3) is 4.77. The van der Waals surface area contributed by atoms with Crippen LogP contribution >= 0.6 is 0 Å². The third-order valence-corrected chi connectivity index (χ3v) is 6.48. The van der Waals surface area contributed by atoms with Crippen molar-refractivity contribution in [2.75, 3.05) is 26.9 Å². The molecule has 0 saturated heterocycles. The van der Waals surface area contributed by atoms with Gasteiger partial charge >= 0.3 is 0 Å². The molecule has 2 aromatic rings. The van der Waals surface area contributed by atoms with E-state index in [9.17, 15) is 8.42 Å². The summed E-state index contributed by atoms with van der Waals surface area (Å²) in [6, 6.07) is 11.8. The molecule has 6 nitrogen and oxygen atoms in total. The molecule has 2 aromatic carbocycles. The predicted octanol–water partition coefficient (Wildman–Crippen LogP) is 4.26. The molecular weight excluding hydrogens is 378 g/mol. The molecule has 0 saturated carbocycles. The van der Waals surface area contributed by atoms with Crippen molar-refractivity contribution in [1.29, 1.82) is 0 Å². The topological polar surface area (TPSA) is 65.1 Å². The maximum atomic E-state index is 13.4. The SMILES string of the molecule is CCOc1ccc(S(=O)(=O)N(CC)[C@@H](C)c2cccc(OC)c2)cc1OCC. The summed E-state index contributed by atoms with van der Waals surface area (Å²) >= 11 is 0. The highest BCUT2D eigenvalue weighted by Gasteiger charge is 2.29. The Morgan fingerprint density at radius 3 is 2.25 bits per heavy atom. The lowest BCUT2D eigenvalue weighted by Gasteiger charge is -2.28. The Morgan fingerprint density at radius 2 is 1.64 bits per heavy atom. The van der Waals surface area contributed by atoms with Crippen LogP contribution in [0.1, 0.15) is 39.3 Å². The van der Waals surface area contributed by atoms with Crippen LogP contribution in [0, 0.1) is 0 Å². The minimum atomic E-state index is -3.73. The maximum Gasteiger partial charge on any atom is 0.243 e. The van der Waals surface area contributed by atoms with Gasteiger partial charge in [-0.2, -0.15) is 4.31 Å². The van der Waals surface area contributed by atoms with Gasteiger partial charge in [-0.3, -0.25) is 0 Å². The number of hydrogen-bond donors (Lipinski definition) is 0. The molecule has 0 N–H and O–H groups in total. The van der Waals surface area contributed by atoms with Gasteiger partial charge in [0.2, 0.25) is 10.0 Å². The van der Waals surface area contributed by atoms with Crippen LogP contribution in [-0.4, -0.2) is 39.6 Å². The van der Waals surface area contributed by atoms with Crippen molar-refractivity contribution in [2.45, 2.75) is 38.6 Å². The molecular formula is C21H29NO5S. The number of rotatable bonds is 10. The molecule has 0 fully saturated rings. The molecule has 28 heavy (non-hydrogen) atoms. The summed E-state index contributed by atoms with van der Waals surface area (Å²) in [6.07, 6.45) is 0. The highest BCUT2D eigenvalue weighted by atomic mass is 32.2. The molecule has 0 heterocycles. The highest BCUT2D eigenvalue weighted by Crippen LogP contribution is 2.34. The zero-order valence-corrected chi connectivity index (χ0v) is 18.0. The lowest BCUT2D eigenvalue weighted by Crippen LogP contribution is -2.33. The molecule has 0 radical (unpaired) electrons. The molecule has 0 unspecified atom stereocenters. The van der Waals surface area contributed by atoms with Crippen LogP contribution in [0.2, 0.25) is 0 Å². The van der Waals surface area contributed by atoms with Crippen LogP contribution in [0.25, 0.3) is 0 Å². The van der Waals surface area contributed by atoms with Crippen molar-refractivity contribution in [2.24, 2.45) is 0 Å². The van der Waals surface area contributed by atoms with E-state index in [0.717, 1.165) is 5.56 Å². The maximum absolute atomic E-state index is 13.4. The van der Waals surface area contributed by atoms with Gasteiger partial charge < -0.3 is 14.2 Å². The zero-order chi connectivity index (χ0) is 20.7. The quantitative estimate of drug-likeness (QED) is 0.589. The van der Waals surface area contributed by atoms with Crippen LogP contribution in [0.5, 0.6) is 17.2 Å². The van der Waals surface area contributed by atoms with E-state index in [-0.39, 0.29) is 10.9 Å². The minimum absolute atomic E-state index is 0.177. The Balaban J connectivity index is 2.43. The van der Waals surface area contributed by atoms with E-state index in [2.05, 4.69) is 0 Å². The number of sulfonamides is 1. The van der Waals surface area contributed by atoms with Crippen LogP contribution < -0.4 is 14.2 Å². The van der Waals surface area contributed by atoms with Crippen molar-refractivity contribution in [1.82, 2.24) is 4.31 Å². The summed E-state index contributed by atoms with van der Waals surface area (Å²) in [5.41, 5.74) is 0.862. The molecule has 2 rings (SSSR count). The number of benzene rings is 2. The summed E-state index contributed by atoms with van der Waals surface area (Å²) in [5.74, 6) is 1.65. The monoisotopic (exact) mass is 407 g/mol. The second-order valence-electron chi connectivity index (χ2n) is 6.14. The molecule has 0 spiro atoms. The van der Waals surface area contributed by atoms with Gasteiger partial charge in [0.05, 0.1) is 25.2 Å². The van der Waals surface area contributed by atoms with Gasteiger partial charge in [-0.15, -0.1) is 0 Å². The van der Waals surface area contributed by atoms with Crippen LogP contribution in [0.3, 0.4) is 0 Å². The molecule has 0 aliphatic carbocycles. The van der Waals surface area contributed by atoms with E-state index >= 15 is 0 Å². The molecule has 0 bridgehead atoms. The van der Waals surface area contributed by atoms with Gasteiger partial charge in [0, 0.05) is 18.7 Å². The van der Waals surface area contributed by atoms with Crippen molar-refractivity contribution in [3.63, 3.8) is 0 Å². The van der Waals surface area contributed by atoms with Gasteiger partial charge in [-0.05, 0) is 50.6 Å². The zero-order valence-electron chi connectivity index (χ0n) is 17.1. The van der Waals surface area contributed by atoms with Crippen molar-refractivity contribution in [3.8, 4) is 17.2 Å². The van der Waals surface area contributed by atoms with Gasteiger partial charge in [-0.25, -0.2) is 8.42 Å². The fourth-order valence-electron chi connectivity index (χ4n) is 3.05. The highest BCUT2D eigenvalue weighted by molar-refractivity contribution is 7.89. The van der Waals surface area contributed by atoms with E-state index in [4.69, 9.17) is 14.2 Å². The molecule has 7 heteroatoms. The van der Waals surface area contributed by atoms with Gasteiger partial charge in [0.25, 0.3) is 0 Å². The van der Waals surface area contributed by atoms with E-state index in [1.54, 1.807) is 19.2 Å². The van der Waals surface area contributed by atoms with Crippen molar-refractivity contribution in [3.05, 3.63) is 48.0 Å². The normalized spacial score (nSPS) is 12.6. The first-order valence-corrected chi connectivity index (χ1v) is 10.9. The smallest absolute Gasteiger partial charge is 0.243 e. The second kappa shape index (κ2) is 9.80. The largest absolute Gasteiger partial charge is 0.497 e. The van der Waals surface area contributed by atoms with Crippen LogP contribution in [-0.2, 0) is 10.0 Å². The Morgan fingerprint density at radius 1 is 0.964 bits per heavy atom. The standard InChI is InChI=1S/C21H29NO5S/c1-6-22(16(4)17-10-9-11-18(14-17)25-5)28(23,24)19-12-13-20(26-7-2)21(15-19)27-8-3/h9-16H,6-8H2,1-5H3/t16-/m0/s1. The molecule has 0 amide bonds. The van der Waals surface area contributed by atoms with Crippen LogP contribution in [0.4, 0.5) is 0 Å². The molecule has 0 aliphatic heterocycles. The number of methoxy groups -OCH3 is 1. The van der Waals surface area contributed by atoms with Crippen molar-refractivity contribution >= 4 is 10.0 Å². The van der Waals surface area contributed by atoms with E-state index < -0.39 is 10.0 Å². The summed E-state index contributed by atoms with van der Waals surface area (Å²) in [5, 5.41) is 0. The first-order valence-electron chi connectivity index (χ1n) is 9.44. The minimum Gasteiger partial charge on any atom is -0.497 e. The average molecular weight is 408 g/mol. The number of ether oxygens (including phenoxy) is 3. The third-order valence-electron chi connectivity index (χ3n) is 4.44. The van der Waals surface area contributed by atoms with E-state index in [0.29, 0.717) is 37.0 Å². The molecule has 0 aliphatic rings. The Bertz CT molecular complexity index is 882. The van der Waals surface area contributed by atoms with Gasteiger partial charge in [0.15, 0.2) is 11.5 Å². The molecule has 1 atom stereocenters. The Kier molecular flexibility index (Phi) is 7.71. The fourth-order valence-corrected chi connectivity index (χ4v) is 4.69. The number of nitrogens with zero attached hydrogens (tertiary/aromatic N) is 1. The first kappa shape index (κ1) is 22.0. The van der Waals surface area contributed by atoms with Gasteiger partial charge in [-0.1, -0.05) is 19.1 Å². The summed E-state index contributed by atoms with van der Waals surface area (Å²) in [7, 11) is -2.14.